The minimum atomic E-state index is 0. The second-order valence-electron chi connectivity index (χ2n) is 2.40. The second-order valence-corrected chi connectivity index (χ2v) is 2.62. The van der Waals surface area contributed by atoms with E-state index < -0.39 is 0 Å². The van der Waals surface area contributed by atoms with Crippen LogP contribution in [-0.2, 0) is 30.5 Å². The molecule has 80 valence electrons. The Labute approximate surface area is 117 Å². The van der Waals surface area contributed by atoms with Gasteiger partial charge in [-0.2, -0.15) is 12.2 Å². The van der Waals surface area contributed by atoms with Crippen molar-refractivity contribution in [2.45, 2.75) is 19.8 Å². The van der Waals surface area contributed by atoms with Crippen molar-refractivity contribution in [3.8, 4) is 0 Å². The summed E-state index contributed by atoms with van der Waals surface area (Å²) in [5.74, 6) is 0. The Kier molecular flexibility index (Phi) is 19.3. The summed E-state index contributed by atoms with van der Waals surface area (Å²) in [6.45, 7) is 2.41. The van der Waals surface area contributed by atoms with E-state index in [0.717, 1.165) is 12.8 Å². The zero-order chi connectivity index (χ0) is 10.5. The molecule has 0 aromatic carbocycles. The molecule has 0 atom stereocenters. The van der Waals surface area contributed by atoms with E-state index in [0.29, 0.717) is 6.61 Å². The number of hydrogen-bond donors (Lipinski definition) is 0. The third-order valence-corrected chi connectivity index (χ3v) is 1.50. The molecule has 0 N–H and O–H groups in total. The van der Waals surface area contributed by atoms with E-state index in [-0.39, 0.29) is 26.2 Å². The van der Waals surface area contributed by atoms with Gasteiger partial charge in [-0.25, -0.2) is 24.3 Å². The van der Waals surface area contributed by atoms with Crippen LogP contribution < -0.4 is 0 Å². The molecule has 0 unspecified atom stereocenters. The molecule has 0 saturated carbocycles. The van der Waals surface area contributed by atoms with Gasteiger partial charge in [0.25, 0.3) is 0 Å². The molecule has 2 rings (SSSR count). The normalized spacial score (nSPS) is 13.7. The third-order valence-electron chi connectivity index (χ3n) is 1.28. The second kappa shape index (κ2) is 16.5. The average molecular weight is 302 g/mol. The first-order chi connectivity index (χ1) is 6.91. The van der Waals surface area contributed by atoms with Crippen molar-refractivity contribution in [1.82, 2.24) is 0 Å². The van der Waals surface area contributed by atoms with Crippen LogP contribution in [0.5, 0.6) is 0 Å². The number of hydrogen-bond acceptors (Lipinski definition) is 1. The summed E-state index contributed by atoms with van der Waals surface area (Å²) in [5.41, 5.74) is 0. The molecule has 1 nitrogen and oxygen atoms in total. The maximum absolute atomic E-state index is 4.69. The molecule has 0 aromatic heterocycles. The van der Waals surface area contributed by atoms with Gasteiger partial charge in [-0.1, -0.05) is 0 Å². The Morgan fingerprint density at radius 3 is 1.60 bits per heavy atom. The van der Waals surface area contributed by atoms with Gasteiger partial charge >= 0.3 is 26.2 Å². The van der Waals surface area contributed by atoms with E-state index in [4.69, 9.17) is 0 Å². The molecule has 0 amide bonds. The summed E-state index contributed by atoms with van der Waals surface area (Å²) in [6, 6.07) is 0. The van der Waals surface area contributed by atoms with Crippen LogP contribution in [0.4, 0.5) is 0 Å². The number of allylic oxidation sites excluding steroid dienone is 8. The summed E-state index contributed by atoms with van der Waals surface area (Å²) in [5, 5.41) is 0. The predicted molar refractivity (Wildman–Crippen MR) is 60.6 cm³/mol. The van der Waals surface area contributed by atoms with Gasteiger partial charge in [-0.3, -0.25) is 16.4 Å². The SMILES string of the molecule is CCOCl.[C-]1=CC=CC1.[C-]1=CC=CC1.[Zr+2]. The summed E-state index contributed by atoms with van der Waals surface area (Å²) >= 11 is 4.69. The molecule has 15 heavy (non-hydrogen) atoms. The van der Waals surface area contributed by atoms with Crippen molar-refractivity contribution in [3.63, 3.8) is 0 Å². The predicted octanol–water partition coefficient (Wildman–Crippen LogP) is 3.79. The Morgan fingerprint density at radius 2 is 1.53 bits per heavy atom. The van der Waals surface area contributed by atoms with Gasteiger partial charge in [-0.15, -0.1) is 12.8 Å². The summed E-state index contributed by atoms with van der Waals surface area (Å²) in [6.07, 6.45) is 20.0. The van der Waals surface area contributed by atoms with Crippen molar-refractivity contribution in [2.75, 3.05) is 6.61 Å². The van der Waals surface area contributed by atoms with Gasteiger partial charge < -0.3 is 0 Å². The Morgan fingerprint density at radius 1 is 1.13 bits per heavy atom. The molecule has 0 heterocycles. The van der Waals surface area contributed by atoms with Crippen molar-refractivity contribution in [1.29, 1.82) is 0 Å². The van der Waals surface area contributed by atoms with Gasteiger partial charge in [0.15, 0.2) is 0 Å². The van der Waals surface area contributed by atoms with Crippen molar-refractivity contribution in [2.24, 2.45) is 0 Å². The maximum atomic E-state index is 4.69. The first kappa shape index (κ1) is 17.5. The van der Waals surface area contributed by atoms with Crippen LogP contribution in [-0.4, -0.2) is 6.61 Å². The average Bonchev–Trinajstić information content (AvgIpc) is 2.94. The van der Waals surface area contributed by atoms with Crippen LogP contribution in [0, 0.1) is 12.2 Å². The number of halogens is 1. The molecular weight excluding hydrogens is 287 g/mol. The van der Waals surface area contributed by atoms with Crippen LogP contribution in [0.25, 0.3) is 0 Å². The van der Waals surface area contributed by atoms with E-state index in [1.165, 1.54) is 0 Å². The summed E-state index contributed by atoms with van der Waals surface area (Å²) in [7, 11) is 0. The minimum Gasteiger partial charge on any atom is -0.280 e. The fraction of sp³-hybridized carbons (Fsp3) is 0.333. The van der Waals surface area contributed by atoms with Gasteiger partial charge in [0, 0.05) is 0 Å². The fourth-order valence-electron chi connectivity index (χ4n) is 0.680. The monoisotopic (exact) mass is 300 g/mol. The van der Waals surface area contributed by atoms with Crippen LogP contribution in [0.3, 0.4) is 0 Å². The Hall–Kier alpha value is 0.0931. The van der Waals surface area contributed by atoms with E-state index in [1.807, 2.05) is 31.2 Å². The topological polar surface area (TPSA) is 9.23 Å². The van der Waals surface area contributed by atoms with Gasteiger partial charge in [0.05, 0.1) is 18.5 Å². The molecule has 0 bridgehead atoms. The van der Waals surface area contributed by atoms with Crippen LogP contribution in [0.2, 0.25) is 0 Å². The van der Waals surface area contributed by atoms with Gasteiger partial charge in [0.2, 0.25) is 0 Å². The zero-order valence-corrected chi connectivity index (χ0v) is 12.1. The third kappa shape index (κ3) is 16.7. The first-order valence-corrected chi connectivity index (χ1v) is 4.89. The standard InChI is InChI=1S/2C5H5.C2H5ClO.Zr/c2*1-2-4-5-3-1;1-2-4-3;/h2*1-3H,4H2;2H2,1H3;/q2*-1;;+2. The summed E-state index contributed by atoms with van der Waals surface area (Å²) < 4.78 is 4.01. The Bertz CT molecular complexity index is 176. The zero-order valence-electron chi connectivity index (χ0n) is 8.87. The van der Waals surface area contributed by atoms with Crippen LogP contribution >= 0.6 is 11.9 Å². The molecule has 0 aromatic rings. The molecule has 0 saturated heterocycles. The molecule has 0 spiro atoms. The first-order valence-electron chi connectivity index (χ1n) is 4.58. The maximum Gasteiger partial charge on any atom is 2.00 e. The molecule has 3 heteroatoms. The molecule has 0 aliphatic heterocycles. The summed E-state index contributed by atoms with van der Waals surface area (Å²) in [4.78, 5) is 0. The van der Waals surface area contributed by atoms with Gasteiger partial charge in [0.1, 0.15) is 0 Å². The minimum absolute atomic E-state index is 0. The van der Waals surface area contributed by atoms with Crippen LogP contribution in [0.1, 0.15) is 19.8 Å². The van der Waals surface area contributed by atoms with Crippen LogP contribution in [0.15, 0.2) is 36.5 Å². The molecule has 0 radical (unpaired) electrons. The van der Waals surface area contributed by atoms with Crippen molar-refractivity contribution in [3.05, 3.63) is 48.6 Å². The molecule has 2 aliphatic carbocycles. The Balaban J connectivity index is 0. The largest absolute Gasteiger partial charge is 2.00 e. The molecule has 0 fully saturated rings. The van der Waals surface area contributed by atoms with Gasteiger partial charge in [-0.05, 0) is 6.92 Å². The quantitative estimate of drug-likeness (QED) is 0.670. The molecule has 2 aliphatic rings. The van der Waals surface area contributed by atoms with Crippen molar-refractivity contribution < 1.29 is 30.5 Å². The number of rotatable bonds is 1. The van der Waals surface area contributed by atoms with E-state index in [9.17, 15) is 0 Å². The fourth-order valence-corrected chi connectivity index (χ4v) is 0.680. The van der Waals surface area contributed by atoms with Crippen molar-refractivity contribution >= 4 is 11.9 Å². The van der Waals surface area contributed by atoms with E-state index >= 15 is 0 Å². The van der Waals surface area contributed by atoms with E-state index in [2.05, 4.69) is 40.5 Å². The van der Waals surface area contributed by atoms with E-state index in [1.54, 1.807) is 0 Å². The smallest absolute Gasteiger partial charge is 0.280 e. The molecular formula is C12H15ClOZr.